The quantitative estimate of drug-likeness (QED) is 0.0131. The Morgan fingerprint density at radius 3 is 1.42 bits per heavy atom. The molecule has 0 radical (unpaired) electrons. The second-order valence-electron chi connectivity index (χ2n) is 16.5. The molecule has 1 saturated carbocycles. The van der Waals surface area contributed by atoms with Gasteiger partial charge in [0, 0.05) is 12.8 Å². The molecule has 0 aromatic carbocycles. The Labute approximate surface area is 388 Å². The molecule has 7 N–H and O–H groups in total. The molecule has 1 fully saturated rings. The molecule has 18 heteroatoms. The number of hydrogen-bond acceptors (Lipinski definition) is 13. The predicted molar refractivity (Wildman–Crippen MR) is 250 cm³/mol. The molecule has 0 aliphatic heterocycles. The van der Waals surface area contributed by atoms with E-state index in [1.807, 2.05) is 18.2 Å². The molecule has 0 spiro atoms. The number of aliphatic hydroxyl groups excluding tert-OH is 4. The summed E-state index contributed by atoms with van der Waals surface area (Å²) in [4.78, 5) is 54.2. The first-order valence-electron chi connectivity index (χ1n) is 23.8. The van der Waals surface area contributed by atoms with Crippen molar-refractivity contribution in [1.29, 1.82) is 0 Å². The number of phosphoric ester groups is 2. The van der Waals surface area contributed by atoms with Crippen LogP contribution >= 0.6 is 15.6 Å². The predicted octanol–water partition coefficient (Wildman–Crippen LogP) is 9.06. The monoisotopic (exact) mass is 965 g/mol. The van der Waals surface area contributed by atoms with Crippen molar-refractivity contribution in [2.75, 3.05) is 13.2 Å². The zero-order valence-corrected chi connectivity index (χ0v) is 40.7. The molecule has 8 atom stereocenters. The van der Waals surface area contributed by atoms with Gasteiger partial charge in [-0.3, -0.25) is 23.2 Å². The van der Waals surface area contributed by atoms with Crippen LogP contribution in [0.5, 0.6) is 0 Å². The average molecular weight is 965 g/mol. The molecule has 0 bridgehead atoms. The second-order valence-corrected chi connectivity index (χ2v) is 19.1. The number of carbonyl (C=O) groups excluding carboxylic acids is 2. The number of unbranched alkanes of at least 4 members (excludes halogenated alkanes) is 15. The van der Waals surface area contributed by atoms with Gasteiger partial charge in [0.25, 0.3) is 0 Å². The van der Waals surface area contributed by atoms with Gasteiger partial charge < -0.3 is 44.6 Å². The lowest BCUT2D eigenvalue weighted by atomic mass is 9.85. The molecule has 16 nitrogen and oxygen atoms in total. The number of ether oxygens (including phenoxy) is 2. The fourth-order valence-corrected chi connectivity index (χ4v) is 8.43. The van der Waals surface area contributed by atoms with Gasteiger partial charge in [-0.1, -0.05) is 164 Å². The molecule has 0 amide bonds. The maximum Gasteiger partial charge on any atom is 0.472 e. The molecule has 0 aromatic heterocycles. The number of phosphoric acid groups is 2. The van der Waals surface area contributed by atoms with E-state index in [-0.39, 0.29) is 12.8 Å². The highest BCUT2D eigenvalue weighted by Gasteiger charge is 2.54. The van der Waals surface area contributed by atoms with Gasteiger partial charge in [0.05, 0.1) is 6.61 Å². The van der Waals surface area contributed by atoms with E-state index >= 15 is 0 Å². The van der Waals surface area contributed by atoms with E-state index < -0.39 is 83.5 Å². The van der Waals surface area contributed by atoms with Crippen LogP contribution in [-0.2, 0) is 41.8 Å². The van der Waals surface area contributed by atoms with Crippen molar-refractivity contribution in [3.63, 3.8) is 0 Å². The second kappa shape index (κ2) is 37.7. The van der Waals surface area contributed by atoms with Crippen LogP contribution in [-0.4, -0.2) is 103 Å². The van der Waals surface area contributed by atoms with Crippen LogP contribution in [0, 0.1) is 0 Å². The van der Waals surface area contributed by atoms with Crippen molar-refractivity contribution in [2.45, 2.75) is 211 Å². The molecule has 1 rings (SSSR count). The lowest BCUT2D eigenvalue weighted by Crippen LogP contribution is -2.64. The molecule has 5 unspecified atom stereocenters. The van der Waals surface area contributed by atoms with E-state index in [9.17, 15) is 44.0 Å². The Morgan fingerprint density at radius 1 is 0.492 bits per heavy atom. The van der Waals surface area contributed by atoms with Crippen molar-refractivity contribution in [3.8, 4) is 0 Å². The summed E-state index contributed by atoms with van der Waals surface area (Å²) in [5.41, 5.74) is 0. The molecule has 0 heterocycles. The lowest BCUT2D eigenvalue weighted by molar-refractivity contribution is -0.216. The normalized spacial score (nSPS) is 22.2. The molecular formula is C47H82O16P2. The lowest BCUT2D eigenvalue weighted by Gasteiger charge is -2.43. The average Bonchev–Trinajstić information content (AvgIpc) is 3.26. The van der Waals surface area contributed by atoms with E-state index in [0.29, 0.717) is 19.3 Å². The standard InChI is InChI=1S/C47H82O16P2/c1-3-5-7-9-11-13-15-17-18-19-20-21-22-24-25-27-29-31-33-35-40(48)59-37-39(61-41(49)36-34-32-30-28-26-23-16-14-12-10-8-6-4-2)38-60-65(57,58)63-47-44(52)42(50)43(51)46(45(47)53)62-64(54,55)56/h11,13,17-18,20-21,24-25,29,31,39,42-47,50-53H,3-10,12,14-16,19,22-23,26-28,30,32-38H2,1-2H3,(H,57,58)(H2,54,55,56)/b13-11-,18-17-,21-20-,25-24-,31-29-/t39-,42?,43?,44?,45?,46-,47+/m1/s1. The Kier molecular flexibility index (Phi) is 35.2. The zero-order chi connectivity index (χ0) is 48.2. The van der Waals surface area contributed by atoms with Crippen molar-refractivity contribution in [1.82, 2.24) is 0 Å². The number of esters is 2. The SMILES string of the molecule is CCCCC/C=C\C/C=C\C/C=C\C/C=C\C/C=C\CCC(=O)OC[C@H](COP(=O)(O)O[C@H]1C(O)C(O)C(O)[C@@H](OP(=O)(O)O)C1O)OC(=O)CCCCCCCCCCCCCCC. The molecule has 1 aliphatic rings. The highest BCUT2D eigenvalue weighted by Crippen LogP contribution is 2.49. The summed E-state index contributed by atoms with van der Waals surface area (Å²) in [5.74, 6) is -1.30. The summed E-state index contributed by atoms with van der Waals surface area (Å²) >= 11 is 0. The first kappa shape index (κ1) is 60.7. The van der Waals surface area contributed by atoms with Gasteiger partial charge in [-0.15, -0.1) is 0 Å². The van der Waals surface area contributed by atoms with Crippen LogP contribution in [0.3, 0.4) is 0 Å². The minimum absolute atomic E-state index is 0.00329. The molecule has 376 valence electrons. The summed E-state index contributed by atoms with van der Waals surface area (Å²) in [6, 6.07) is 0. The van der Waals surface area contributed by atoms with E-state index in [1.54, 1.807) is 0 Å². The molecule has 65 heavy (non-hydrogen) atoms. The van der Waals surface area contributed by atoms with Gasteiger partial charge in [-0.2, -0.15) is 0 Å². The summed E-state index contributed by atoms with van der Waals surface area (Å²) in [6.07, 6.45) is 29.1. The highest BCUT2D eigenvalue weighted by molar-refractivity contribution is 7.47. The Balaban J connectivity index is 2.63. The molecule has 0 aromatic rings. The van der Waals surface area contributed by atoms with Gasteiger partial charge >= 0.3 is 27.6 Å². The smallest absolute Gasteiger partial charge is 0.462 e. The zero-order valence-electron chi connectivity index (χ0n) is 38.9. The van der Waals surface area contributed by atoms with Crippen LogP contribution in [0.15, 0.2) is 60.8 Å². The van der Waals surface area contributed by atoms with Gasteiger partial charge in [0.2, 0.25) is 0 Å². The van der Waals surface area contributed by atoms with Crippen molar-refractivity contribution >= 4 is 27.6 Å². The first-order chi connectivity index (χ1) is 31.1. The Bertz CT molecular complexity index is 1490. The van der Waals surface area contributed by atoms with Crippen LogP contribution in [0.1, 0.15) is 168 Å². The molecule has 1 aliphatic carbocycles. The topological polar surface area (TPSA) is 256 Å². The summed E-state index contributed by atoms with van der Waals surface area (Å²) in [7, 11) is -10.7. The summed E-state index contributed by atoms with van der Waals surface area (Å²) in [6.45, 7) is 3.01. The van der Waals surface area contributed by atoms with Crippen LogP contribution in [0.25, 0.3) is 0 Å². The number of rotatable bonds is 39. The minimum Gasteiger partial charge on any atom is -0.462 e. The number of hydrogen-bond donors (Lipinski definition) is 7. The fraction of sp³-hybridized carbons (Fsp3) is 0.745. The summed E-state index contributed by atoms with van der Waals surface area (Å²) < 4.78 is 49.3. The number of aliphatic hydroxyl groups is 4. The van der Waals surface area contributed by atoms with E-state index in [4.69, 9.17) is 28.3 Å². The van der Waals surface area contributed by atoms with Crippen molar-refractivity contribution < 1.29 is 76.9 Å². The van der Waals surface area contributed by atoms with Gasteiger partial charge in [-0.25, -0.2) is 9.13 Å². The largest absolute Gasteiger partial charge is 0.472 e. The maximum atomic E-state index is 13.0. The third-order valence-electron chi connectivity index (χ3n) is 10.6. The van der Waals surface area contributed by atoms with E-state index in [2.05, 4.69) is 60.9 Å². The Hall–Kier alpha value is -2.30. The maximum absolute atomic E-state index is 13.0. The number of allylic oxidation sites excluding steroid dienone is 10. The van der Waals surface area contributed by atoms with Crippen LogP contribution in [0.4, 0.5) is 0 Å². The minimum atomic E-state index is -5.37. The van der Waals surface area contributed by atoms with Gasteiger partial charge in [0.1, 0.15) is 43.2 Å². The first-order valence-corrected chi connectivity index (χ1v) is 26.9. The van der Waals surface area contributed by atoms with Crippen LogP contribution < -0.4 is 0 Å². The summed E-state index contributed by atoms with van der Waals surface area (Å²) in [5, 5.41) is 41.2. The fourth-order valence-electron chi connectivity index (χ4n) is 6.89. The van der Waals surface area contributed by atoms with Crippen molar-refractivity contribution in [3.05, 3.63) is 60.8 Å². The molecular weight excluding hydrogens is 882 g/mol. The highest BCUT2D eigenvalue weighted by atomic mass is 31.2. The van der Waals surface area contributed by atoms with Crippen LogP contribution in [0.2, 0.25) is 0 Å². The van der Waals surface area contributed by atoms with E-state index in [0.717, 1.165) is 51.4 Å². The van der Waals surface area contributed by atoms with E-state index in [1.165, 1.54) is 70.6 Å². The third-order valence-corrected chi connectivity index (χ3v) is 12.1. The molecule has 0 saturated heterocycles. The number of carbonyl (C=O) groups is 2. The third kappa shape index (κ3) is 32.2. The van der Waals surface area contributed by atoms with Gasteiger partial charge in [0.15, 0.2) is 6.10 Å². The Morgan fingerprint density at radius 2 is 0.923 bits per heavy atom. The van der Waals surface area contributed by atoms with Gasteiger partial charge in [-0.05, 0) is 51.4 Å². The van der Waals surface area contributed by atoms with Crippen molar-refractivity contribution in [2.24, 2.45) is 0 Å².